The number of hydrogen-bond donors (Lipinski definition) is 3. The molecule has 0 saturated heterocycles. The molecule has 0 unspecified atom stereocenters. The van der Waals surface area contributed by atoms with E-state index in [-0.39, 0.29) is 23.0 Å². The van der Waals surface area contributed by atoms with Crippen molar-refractivity contribution in [3.05, 3.63) is 58.1 Å². The van der Waals surface area contributed by atoms with Gasteiger partial charge >= 0.3 is 0 Å². The van der Waals surface area contributed by atoms with Crippen molar-refractivity contribution in [2.75, 3.05) is 0 Å². The number of nitrogens with two attached hydrogens (primary N) is 1. The molecule has 0 radical (unpaired) electrons. The highest BCUT2D eigenvalue weighted by atomic mass is 79.9. The zero-order valence-electron chi connectivity index (χ0n) is 10.1. The Kier molecular flexibility index (Phi) is 4.09. The molecular weight excluding hydrogens is 327 g/mol. The Morgan fingerprint density at radius 3 is 2.85 bits per heavy atom. The summed E-state index contributed by atoms with van der Waals surface area (Å²) in [5.41, 5.74) is 6.02. The number of rotatable bonds is 2. The first-order valence-corrected chi connectivity index (χ1v) is 6.31. The number of nitrogens with zero attached hydrogens (tertiary/aromatic N) is 2. The van der Waals surface area contributed by atoms with E-state index in [1.54, 1.807) is 12.1 Å². The second-order valence-corrected chi connectivity index (χ2v) is 4.70. The van der Waals surface area contributed by atoms with Gasteiger partial charge in [-0.05, 0) is 46.3 Å². The van der Waals surface area contributed by atoms with Gasteiger partial charge in [0.05, 0.1) is 5.56 Å². The zero-order valence-corrected chi connectivity index (χ0v) is 11.7. The Morgan fingerprint density at radius 2 is 2.15 bits per heavy atom. The van der Waals surface area contributed by atoms with E-state index in [1.165, 1.54) is 12.3 Å². The maximum Gasteiger partial charge on any atom is 0.174 e. The fourth-order valence-electron chi connectivity index (χ4n) is 1.51. The minimum Gasteiger partial charge on any atom is -0.507 e. The molecule has 1 heterocycles. The normalized spacial score (nSPS) is 11.4. The molecule has 0 aliphatic carbocycles. The second-order valence-electron chi connectivity index (χ2n) is 3.84. The van der Waals surface area contributed by atoms with Gasteiger partial charge in [-0.3, -0.25) is 10.4 Å². The van der Waals surface area contributed by atoms with Crippen LogP contribution in [0.3, 0.4) is 0 Å². The van der Waals surface area contributed by atoms with E-state index in [0.717, 1.165) is 12.1 Å². The van der Waals surface area contributed by atoms with E-state index in [0.29, 0.717) is 10.2 Å². The number of aromatic hydroxyl groups is 1. The Balaban J connectivity index is 2.38. The molecule has 0 saturated carbocycles. The number of nitrogens with one attached hydrogen (secondary N) is 1. The fourth-order valence-corrected chi connectivity index (χ4v) is 1.95. The lowest BCUT2D eigenvalue weighted by molar-refractivity contribution is 0.472. The third kappa shape index (κ3) is 3.00. The molecule has 102 valence electrons. The van der Waals surface area contributed by atoms with Gasteiger partial charge in [-0.25, -0.2) is 9.38 Å². The average molecular weight is 337 g/mol. The third-order valence-electron chi connectivity index (χ3n) is 2.45. The van der Waals surface area contributed by atoms with Crippen LogP contribution in [0.15, 0.2) is 46.0 Å². The quantitative estimate of drug-likeness (QED) is 0.580. The topological polar surface area (TPSA) is 95.4 Å². The molecule has 0 spiro atoms. The highest BCUT2D eigenvalue weighted by Crippen LogP contribution is 2.18. The molecular formula is C13H10BrFN4O. The van der Waals surface area contributed by atoms with Gasteiger partial charge in [-0.2, -0.15) is 0 Å². The summed E-state index contributed by atoms with van der Waals surface area (Å²) in [4.78, 5) is 7.83. The summed E-state index contributed by atoms with van der Waals surface area (Å²) in [6, 6.07) is 6.74. The first-order valence-electron chi connectivity index (χ1n) is 5.51. The van der Waals surface area contributed by atoms with Crippen molar-refractivity contribution in [2.24, 2.45) is 10.7 Å². The van der Waals surface area contributed by atoms with Gasteiger partial charge in [-0.15, -0.1) is 0 Å². The van der Waals surface area contributed by atoms with Crippen molar-refractivity contribution < 1.29 is 9.50 Å². The summed E-state index contributed by atoms with van der Waals surface area (Å²) >= 11 is 3.25. The maximum atomic E-state index is 13.1. The van der Waals surface area contributed by atoms with Crippen LogP contribution in [0, 0.1) is 11.2 Å². The SMILES string of the molecule is N=C(N=C(N)c1cc(F)ccc1O)c1ncccc1Br. The van der Waals surface area contributed by atoms with Gasteiger partial charge in [0.25, 0.3) is 0 Å². The number of benzene rings is 1. The van der Waals surface area contributed by atoms with E-state index in [1.807, 2.05) is 0 Å². The minimum absolute atomic E-state index is 0.0294. The van der Waals surface area contributed by atoms with Crippen LogP contribution in [0.25, 0.3) is 0 Å². The molecule has 2 rings (SSSR count). The minimum atomic E-state index is -0.554. The van der Waals surface area contributed by atoms with Crippen molar-refractivity contribution in [2.45, 2.75) is 0 Å². The predicted molar refractivity (Wildman–Crippen MR) is 77.6 cm³/mol. The standard InChI is InChI=1S/C13H10BrFN4O/c14-9-2-1-5-18-11(9)13(17)19-12(16)8-6-7(15)3-4-10(8)20/h1-6,20H,(H3,16,17,19). The first kappa shape index (κ1) is 14.1. The molecule has 0 bridgehead atoms. The molecule has 4 N–H and O–H groups in total. The van der Waals surface area contributed by atoms with Crippen LogP contribution in [0.1, 0.15) is 11.3 Å². The molecule has 20 heavy (non-hydrogen) atoms. The summed E-state index contributed by atoms with van der Waals surface area (Å²) in [5.74, 6) is -1.12. The number of halogens is 2. The largest absolute Gasteiger partial charge is 0.507 e. The number of phenols is 1. The monoisotopic (exact) mass is 336 g/mol. The van der Waals surface area contributed by atoms with Gasteiger partial charge in [0.2, 0.25) is 0 Å². The van der Waals surface area contributed by atoms with Gasteiger partial charge in [-0.1, -0.05) is 0 Å². The zero-order chi connectivity index (χ0) is 14.7. The highest BCUT2D eigenvalue weighted by Gasteiger charge is 2.11. The van der Waals surface area contributed by atoms with Gasteiger partial charge < -0.3 is 10.8 Å². The summed E-state index contributed by atoms with van der Waals surface area (Å²) < 4.78 is 13.7. The fraction of sp³-hybridized carbons (Fsp3) is 0. The summed E-state index contributed by atoms with van der Waals surface area (Å²) in [7, 11) is 0. The van der Waals surface area contributed by atoms with E-state index < -0.39 is 5.82 Å². The summed E-state index contributed by atoms with van der Waals surface area (Å²) in [6.45, 7) is 0. The molecule has 0 amide bonds. The van der Waals surface area contributed by atoms with Crippen LogP contribution in [0.5, 0.6) is 5.75 Å². The van der Waals surface area contributed by atoms with Crippen molar-refractivity contribution in [3.8, 4) is 5.75 Å². The number of pyridine rings is 1. The number of phenolic OH excluding ortho intramolecular Hbond substituents is 1. The molecule has 7 heteroatoms. The first-order chi connectivity index (χ1) is 9.49. The van der Waals surface area contributed by atoms with E-state index in [9.17, 15) is 9.50 Å². The van der Waals surface area contributed by atoms with Crippen molar-refractivity contribution in [3.63, 3.8) is 0 Å². The van der Waals surface area contributed by atoms with Crippen LogP contribution in [-0.4, -0.2) is 21.8 Å². The number of aliphatic imine (C=N–C) groups is 1. The molecule has 5 nitrogen and oxygen atoms in total. The van der Waals surface area contributed by atoms with E-state index >= 15 is 0 Å². The molecule has 0 aliphatic heterocycles. The number of hydrogen-bond acceptors (Lipinski definition) is 3. The average Bonchev–Trinajstić information content (AvgIpc) is 2.41. The lowest BCUT2D eigenvalue weighted by atomic mass is 10.2. The third-order valence-corrected chi connectivity index (χ3v) is 3.09. The summed E-state index contributed by atoms with van der Waals surface area (Å²) in [6.07, 6.45) is 1.51. The van der Waals surface area contributed by atoms with Gasteiger partial charge in [0, 0.05) is 10.7 Å². The molecule has 0 fully saturated rings. The van der Waals surface area contributed by atoms with Gasteiger partial charge in [0.15, 0.2) is 5.84 Å². The Bertz CT molecular complexity index is 703. The molecule has 0 aliphatic rings. The molecule has 1 aromatic carbocycles. The lowest BCUT2D eigenvalue weighted by Crippen LogP contribution is -2.17. The molecule has 0 atom stereocenters. The van der Waals surface area contributed by atoms with E-state index in [4.69, 9.17) is 11.1 Å². The van der Waals surface area contributed by atoms with Crippen LogP contribution in [0.2, 0.25) is 0 Å². The Morgan fingerprint density at radius 1 is 1.40 bits per heavy atom. The van der Waals surface area contributed by atoms with Crippen molar-refractivity contribution >= 4 is 27.6 Å². The predicted octanol–water partition coefficient (Wildman–Crippen LogP) is 2.42. The highest BCUT2D eigenvalue weighted by molar-refractivity contribution is 9.10. The molecule has 2 aromatic rings. The Hall–Kier alpha value is -2.28. The van der Waals surface area contributed by atoms with E-state index in [2.05, 4.69) is 25.9 Å². The van der Waals surface area contributed by atoms with Gasteiger partial charge in [0.1, 0.15) is 23.1 Å². The van der Waals surface area contributed by atoms with Crippen molar-refractivity contribution in [1.29, 1.82) is 5.41 Å². The lowest BCUT2D eigenvalue weighted by Gasteiger charge is -2.05. The summed E-state index contributed by atoms with van der Waals surface area (Å²) in [5, 5.41) is 17.5. The maximum absolute atomic E-state index is 13.1. The molecule has 1 aromatic heterocycles. The Labute approximate surface area is 122 Å². The van der Waals surface area contributed by atoms with Crippen LogP contribution in [0.4, 0.5) is 4.39 Å². The van der Waals surface area contributed by atoms with Crippen LogP contribution >= 0.6 is 15.9 Å². The van der Waals surface area contributed by atoms with Crippen molar-refractivity contribution in [1.82, 2.24) is 4.98 Å². The number of amidine groups is 2. The van der Waals surface area contributed by atoms with Crippen LogP contribution < -0.4 is 5.73 Å². The van der Waals surface area contributed by atoms with Crippen LogP contribution in [-0.2, 0) is 0 Å². The second kappa shape index (κ2) is 5.79. The number of aromatic nitrogens is 1. The smallest absolute Gasteiger partial charge is 0.174 e.